The number of esters is 1. The summed E-state index contributed by atoms with van der Waals surface area (Å²) in [6.07, 6.45) is 3.66. The molecule has 0 aliphatic carbocycles. The molecular weight excluding hydrogens is 338 g/mol. The second-order valence-electron chi connectivity index (χ2n) is 5.48. The molecule has 0 amide bonds. The van der Waals surface area contributed by atoms with Crippen molar-refractivity contribution < 1.29 is 14.3 Å². The molecule has 0 aromatic heterocycles. The van der Waals surface area contributed by atoms with E-state index < -0.39 is 5.97 Å². The smallest absolute Gasteiger partial charge is 0.363 e. The normalized spacial score (nSPS) is 16.0. The van der Waals surface area contributed by atoms with E-state index in [2.05, 4.69) is 4.99 Å². The second-order valence-corrected chi connectivity index (χ2v) is 5.92. The molecule has 126 valence electrons. The monoisotopic (exact) mass is 353 g/mol. The van der Waals surface area contributed by atoms with Crippen molar-refractivity contribution in [2.45, 2.75) is 6.92 Å². The predicted octanol–water partition coefficient (Wildman–Crippen LogP) is 4.64. The van der Waals surface area contributed by atoms with E-state index in [1.807, 2.05) is 43.3 Å². The Balaban J connectivity index is 1.93. The molecule has 0 unspecified atom stereocenters. The number of allylic oxidation sites excluding steroid dienone is 2. The fourth-order valence-corrected chi connectivity index (χ4v) is 2.61. The van der Waals surface area contributed by atoms with Crippen LogP contribution in [0.4, 0.5) is 0 Å². The number of carbonyl (C=O) groups is 1. The summed E-state index contributed by atoms with van der Waals surface area (Å²) in [5.74, 6) is 0.217. The van der Waals surface area contributed by atoms with Crippen molar-refractivity contribution >= 4 is 29.5 Å². The minimum atomic E-state index is -0.502. The third kappa shape index (κ3) is 3.98. The van der Waals surface area contributed by atoms with Crippen LogP contribution in [0.2, 0.25) is 5.02 Å². The molecule has 4 nitrogen and oxygen atoms in total. The van der Waals surface area contributed by atoms with Gasteiger partial charge in [-0.1, -0.05) is 48.0 Å². The molecule has 0 spiro atoms. The molecule has 3 rings (SSSR count). The molecule has 0 radical (unpaired) electrons. The van der Waals surface area contributed by atoms with Crippen LogP contribution in [0.15, 0.2) is 70.9 Å². The highest BCUT2D eigenvalue weighted by Crippen LogP contribution is 2.27. The van der Waals surface area contributed by atoms with Gasteiger partial charge in [0.25, 0.3) is 0 Å². The van der Waals surface area contributed by atoms with Gasteiger partial charge in [0.15, 0.2) is 5.70 Å². The first kappa shape index (κ1) is 17.0. The highest BCUT2D eigenvalue weighted by Gasteiger charge is 2.26. The molecule has 1 aliphatic rings. The van der Waals surface area contributed by atoms with Crippen LogP contribution in [0, 0.1) is 0 Å². The minimum absolute atomic E-state index is 0.183. The molecule has 0 saturated carbocycles. The summed E-state index contributed by atoms with van der Waals surface area (Å²) in [4.78, 5) is 16.4. The molecular formula is C20H16ClNO3. The predicted molar refractivity (Wildman–Crippen MR) is 98.8 cm³/mol. The molecule has 1 heterocycles. The Morgan fingerprint density at radius 1 is 1.20 bits per heavy atom. The lowest BCUT2D eigenvalue weighted by atomic mass is 10.1. The van der Waals surface area contributed by atoms with Crippen LogP contribution in [-0.2, 0) is 9.53 Å². The molecule has 0 fully saturated rings. The number of benzene rings is 2. The zero-order chi connectivity index (χ0) is 17.8. The Bertz CT molecular complexity index is 898. The van der Waals surface area contributed by atoms with Crippen LogP contribution in [0.1, 0.15) is 18.1 Å². The van der Waals surface area contributed by atoms with Crippen LogP contribution in [0.5, 0.6) is 5.75 Å². The number of carbonyl (C=O) groups excluding carboxylic acids is 1. The first-order valence-electron chi connectivity index (χ1n) is 7.66. The van der Waals surface area contributed by atoms with Crippen LogP contribution in [-0.4, -0.2) is 19.0 Å². The van der Waals surface area contributed by atoms with E-state index in [1.54, 1.807) is 24.3 Å². The fourth-order valence-electron chi connectivity index (χ4n) is 2.44. The van der Waals surface area contributed by atoms with E-state index in [0.29, 0.717) is 16.3 Å². The van der Waals surface area contributed by atoms with Gasteiger partial charge in [0.2, 0.25) is 5.90 Å². The van der Waals surface area contributed by atoms with Gasteiger partial charge in [0.1, 0.15) is 5.75 Å². The lowest BCUT2D eigenvalue weighted by Crippen LogP contribution is -2.07. The standard InChI is InChI=1S/C20H16ClNO3/c1-13(10-14-6-4-3-5-7-14)11-17-20(23)25-19(22-17)16-12-15(21)8-9-18(16)24-2/h3-12H,1-2H3. The number of nitrogens with zero attached hydrogens (tertiary/aromatic N) is 1. The van der Waals surface area contributed by atoms with Gasteiger partial charge in [0, 0.05) is 5.02 Å². The molecule has 25 heavy (non-hydrogen) atoms. The largest absolute Gasteiger partial charge is 0.496 e. The highest BCUT2D eigenvalue weighted by atomic mass is 35.5. The van der Waals surface area contributed by atoms with Crippen molar-refractivity contribution in [2.24, 2.45) is 4.99 Å². The lowest BCUT2D eigenvalue weighted by molar-refractivity contribution is -0.130. The topological polar surface area (TPSA) is 47.9 Å². The van der Waals surface area contributed by atoms with Crippen molar-refractivity contribution in [3.8, 4) is 5.75 Å². The number of rotatable bonds is 4. The number of ether oxygens (including phenoxy) is 2. The van der Waals surface area contributed by atoms with Gasteiger partial charge in [-0.05, 0) is 42.3 Å². The third-order valence-corrected chi connectivity index (χ3v) is 3.81. The van der Waals surface area contributed by atoms with Crippen LogP contribution in [0.25, 0.3) is 6.08 Å². The van der Waals surface area contributed by atoms with E-state index in [-0.39, 0.29) is 11.6 Å². The maximum atomic E-state index is 12.1. The molecule has 2 aromatic carbocycles. The molecule has 0 bridgehead atoms. The van der Waals surface area contributed by atoms with Gasteiger partial charge in [-0.25, -0.2) is 9.79 Å². The maximum absolute atomic E-state index is 12.1. The van der Waals surface area contributed by atoms with E-state index >= 15 is 0 Å². The third-order valence-electron chi connectivity index (χ3n) is 3.57. The summed E-state index contributed by atoms with van der Waals surface area (Å²) < 4.78 is 10.6. The number of hydrogen-bond donors (Lipinski definition) is 0. The van der Waals surface area contributed by atoms with Crippen LogP contribution >= 0.6 is 11.6 Å². The maximum Gasteiger partial charge on any atom is 0.363 e. The number of cyclic esters (lactones) is 1. The van der Waals surface area contributed by atoms with Crippen molar-refractivity contribution in [2.75, 3.05) is 7.11 Å². The Kier molecular flexibility index (Phi) is 5.00. The summed E-state index contributed by atoms with van der Waals surface area (Å²) in [7, 11) is 1.54. The molecule has 0 atom stereocenters. The summed E-state index contributed by atoms with van der Waals surface area (Å²) >= 11 is 6.02. The number of methoxy groups -OCH3 is 1. The molecule has 0 saturated heterocycles. The minimum Gasteiger partial charge on any atom is -0.496 e. The second kappa shape index (κ2) is 7.36. The molecule has 5 heteroatoms. The van der Waals surface area contributed by atoms with Crippen molar-refractivity contribution in [1.82, 2.24) is 0 Å². The first-order chi connectivity index (χ1) is 12.1. The zero-order valence-corrected chi connectivity index (χ0v) is 14.6. The molecule has 0 N–H and O–H groups in total. The Hall–Kier alpha value is -2.85. The van der Waals surface area contributed by atoms with E-state index in [0.717, 1.165) is 11.1 Å². The summed E-state index contributed by atoms with van der Waals surface area (Å²) in [6, 6.07) is 14.9. The van der Waals surface area contributed by atoms with E-state index in [9.17, 15) is 4.79 Å². The number of hydrogen-bond acceptors (Lipinski definition) is 4. The summed E-state index contributed by atoms with van der Waals surface area (Å²) in [5, 5.41) is 0.507. The van der Waals surface area contributed by atoms with Crippen LogP contribution < -0.4 is 4.74 Å². The first-order valence-corrected chi connectivity index (χ1v) is 8.04. The molecule has 1 aliphatic heterocycles. The van der Waals surface area contributed by atoms with Gasteiger partial charge in [-0.15, -0.1) is 0 Å². The fraction of sp³-hybridized carbons (Fsp3) is 0.100. The molecule has 2 aromatic rings. The number of aliphatic imine (C=N–C) groups is 1. The lowest BCUT2D eigenvalue weighted by Gasteiger charge is -2.07. The van der Waals surface area contributed by atoms with Crippen molar-refractivity contribution in [1.29, 1.82) is 0 Å². The highest BCUT2D eigenvalue weighted by molar-refractivity contribution is 6.31. The zero-order valence-electron chi connectivity index (χ0n) is 13.8. The quantitative estimate of drug-likeness (QED) is 0.594. The van der Waals surface area contributed by atoms with E-state index in [4.69, 9.17) is 21.1 Å². The average Bonchev–Trinajstić information content (AvgIpc) is 2.96. The summed E-state index contributed by atoms with van der Waals surface area (Å²) in [6.45, 7) is 1.90. The van der Waals surface area contributed by atoms with Crippen molar-refractivity contribution in [3.63, 3.8) is 0 Å². The Labute approximate surface area is 151 Å². The van der Waals surface area contributed by atoms with Gasteiger partial charge < -0.3 is 9.47 Å². The SMILES string of the molecule is COc1ccc(Cl)cc1C1=NC(=CC(C)=Cc2ccccc2)C(=O)O1. The van der Waals surface area contributed by atoms with Gasteiger partial charge >= 0.3 is 5.97 Å². The Morgan fingerprint density at radius 3 is 2.68 bits per heavy atom. The van der Waals surface area contributed by atoms with Crippen molar-refractivity contribution in [3.05, 3.63) is 82.0 Å². The summed E-state index contributed by atoms with van der Waals surface area (Å²) in [5.41, 5.74) is 2.71. The Morgan fingerprint density at radius 2 is 1.96 bits per heavy atom. The van der Waals surface area contributed by atoms with Gasteiger partial charge in [0.05, 0.1) is 12.7 Å². The van der Waals surface area contributed by atoms with Gasteiger partial charge in [-0.3, -0.25) is 0 Å². The average molecular weight is 354 g/mol. The number of halogens is 1. The van der Waals surface area contributed by atoms with Crippen LogP contribution in [0.3, 0.4) is 0 Å². The van der Waals surface area contributed by atoms with Gasteiger partial charge in [-0.2, -0.15) is 0 Å². The van der Waals surface area contributed by atoms with E-state index in [1.165, 1.54) is 7.11 Å².